The van der Waals surface area contributed by atoms with E-state index in [2.05, 4.69) is 26.3 Å². The van der Waals surface area contributed by atoms with E-state index in [9.17, 15) is 10.1 Å². The van der Waals surface area contributed by atoms with Gasteiger partial charge in [-0.3, -0.25) is 4.79 Å². The molecule has 8 heteroatoms. The van der Waals surface area contributed by atoms with Crippen LogP contribution in [-0.2, 0) is 4.79 Å². The van der Waals surface area contributed by atoms with Gasteiger partial charge in [0.2, 0.25) is 5.95 Å². The van der Waals surface area contributed by atoms with Crippen LogP contribution in [0.5, 0.6) is 0 Å². The third kappa shape index (κ3) is 5.62. The molecule has 0 radical (unpaired) electrons. The van der Waals surface area contributed by atoms with E-state index in [1.165, 1.54) is 23.1 Å². The maximum atomic E-state index is 12.5. The molecule has 1 aromatic carbocycles. The molecule has 1 atom stereocenters. The number of carbonyl (C=O) groups excluding carboxylic acids is 1. The van der Waals surface area contributed by atoms with Crippen LogP contribution in [0.4, 0.5) is 5.95 Å². The number of hydrogen-bond acceptors (Lipinski definition) is 8. The molecular formula is C20H19N5OS2. The second-order valence-electron chi connectivity index (χ2n) is 5.87. The molecule has 2 heterocycles. The van der Waals surface area contributed by atoms with E-state index in [1.807, 2.05) is 35.7 Å². The first kappa shape index (κ1) is 20.0. The summed E-state index contributed by atoms with van der Waals surface area (Å²) in [6, 6.07) is 13.6. The Balaban J connectivity index is 1.44. The van der Waals surface area contributed by atoms with E-state index >= 15 is 0 Å². The van der Waals surface area contributed by atoms with Crippen LogP contribution in [0.25, 0.3) is 11.3 Å². The van der Waals surface area contributed by atoms with E-state index < -0.39 is 5.92 Å². The molecule has 6 nitrogen and oxygen atoms in total. The smallest absolute Gasteiger partial charge is 0.222 e. The van der Waals surface area contributed by atoms with Gasteiger partial charge in [0.05, 0.1) is 17.5 Å². The highest BCUT2D eigenvalue weighted by atomic mass is 32.2. The number of thioether (sulfide) groups is 1. The fraction of sp³-hybridized carbons (Fsp3) is 0.250. The standard InChI is InChI=1S/C20H19N5OS2/c21-12-16(19-25-17(13-28-19)15-6-2-1-3-7-15)18(26)14-27-11-5-10-24-20-22-8-4-9-23-20/h1-4,6-9,13,16H,5,10-11,14H2,(H,22,23,24). The zero-order valence-corrected chi connectivity index (χ0v) is 16.7. The van der Waals surface area contributed by atoms with Crippen molar-refractivity contribution in [3.05, 3.63) is 59.2 Å². The number of carbonyl (C=O) groups is 1. The van der Waals surface area contributed by atoms with Gasteiger partial charge in [0, 0.05) is 29.9 Å². The van der Waals surface area contributed by atoms with Gasteiger partial charge >= 0.3 is 0 Å². The Morgan fingerprint density at radius 3 is 2.75 bits per heavy atom. The van der Waals surface area contributed by atoms with Crippen LogP contribution >= 0.6 is 23.1 Å². The van der Waals surface area contributed by atoms with Crippen molar-refractivity contribution in [1.82, 2.24) is 15.0 Å². The highest BCUT2D eigenvalue weighted by Gasteiger charge is 2.23. The van der Waals surface area contributed by atoms with E-state index in [4.69, 9.17) is 0 Å². The van der Waals surface area contributed by atoms with Crippen LogP contribution in [0.2, 0.25) is 0 Å². The largest absolute Gasteiger partial charge is 0.354 e. The molecule has 1 N–H and O–H groups in total. The monoisotopic (exact) mass is 409 g/mol. The van der Waals surface area contributed by atoms with Gasteiger partial charge in [0.25, 0.3) is 0 Å². The van der Waals surface area contributed by atoms with Crippen LogP contribution in [0, 0.1) is 11.3 Å². The van der Waals surface area contributed by atoms with Gasteiger partial charge < -0.3 is 5.32 Å². The summed E-state index contributed by atoms with van der Waals surface area (Å²) >= 11 is 2.90. The summed E-state index contributed by atoms with van der Waals surface area (Å²) in [6.45, 7) is 0.736. The number of rotatable bonds is 10. The van der Waals surface area contributed by atoms with E-state index in [-0.39, 0.29) is 5.78 Å². The first-order valence-electron chi connectivity index (χ1n) is 8.79. The molecule has 0 aliphatic carbocycles. The zero-order chi connectivity index (χ0) is 19.6. The van der Waals surface area contributed by atoms with Crippen molar-refractivity contribution in [1.29, 1.82) is 5.26 Å². The van der Waals surface area contributed by atoms with E-state index in [0.717, 1.165) is 30.0 Å². The van der Waals surface area contributed by atoms with Gasteiger partial charge in [0.15, 0.2) is 11.7 Å². The lowest BCUT2D eigenvalue weighted by molar-refractivity contribution is -0.116. The maximum Gasteiger partial charge on any atom is 0.222 e. The van der Waals surface area contributed by atoms with Gasteiger partial charge in [-0.15, -0.1) is 11.3 Å². The molecule has 0 amide bonds. The van der Waals surface area contributed by atoms with Crippen molar-refractivity contribution in [3.63, 3.8) is 0 Å². The summed E-state index contributed by atoms with van der Waals surface area (Å²) in [5.74, 6) is 0.828. The van der Waals surface area contributed by atoms with Crippen molar-refractivity contribution in [3.8, 4) is 17.3 Å². The number of Topliss-reactive ketones (excluding diaryl/α,β-unsaturated/α-hetero) is 1. The third-order valence-corrected chi connectivity index (χ3v) is 5.82. The molecule has 3 rings (SSSR count). The number of nitrogens with zero attached hydrogens (tertiary/aromatic N) is 4. The normalized spacial score (nSPS) is 11.5. The Morgan fingerprint density at radius 2 is 2.00 bits per heavy atom. The Kier molecular flexibility index (Phi) is 7.53. The summed E-state index contributed by atoms with van der Waals surface area (Å²) in [4.78, 5) is 25.2. The summed E-state index contributed by atoms with van der Waals surface area (Å²) in [6.07, 6.45) is 4.25. The molecule has 0 aliphatic heterocycles. The molecule has 1 unspecified atom stereocenters. The van der Waals surface area contributed by atoms with E-state index in [0.29, 0.717) is 16.7 Å². The van der Waals surface area contributed by atoms with Crippen molar-refractivity contribution >= 4 is 34.8 Å². The molecule has 28 heavy (non-hydrogen) atoms. The van der Waals surface area contributed by atoms with Crippen molar-refractivity contribution in [2.24, 2.45) is 0 Å². The summed E-state index contributed by atoms with van der Waals surface area (Å²) < 4.78 is 0. The lowest BCUT2D eigenvalue weighted by atomic mass is 10.1. The second-order valence-corrected chi connectivity index (χ2v) is 7.87. The summed E-state index contributed by atoms with van der Waals surface area (Å²) in [7, 11) is 0. The lowest BCUT2D eigenvalue weighted by Gasteiger charge is -2.06. The average molecular weight is 410 g/mol. The molecule has 142 valence electrons. The fourth-order valence-corrected chi connectivity index (χ4v) is 4.20. The number of ketones is 1. The quantitative estimate of drug-likeness (QED) is 0.506. The minimum Gasteiger partial charge on any atom is -0.354 e. The lowest BCUT2D eigenvalue weighted by Crippen LogP contribution is -2.14. The Bertz CT molecular complexity index is 925. The van der Waals surface area contributed by atoms with Gasteiger partial charge in [-0.25, -0.2) is 15.0 Å². The van der Waals surface area contributed by atoms with Crippen LogP contribution in [0.15, 0.2) is 54.2 Å². The Labute approximate surface area is 172 Å². The Morgan fingerprint density at radius 1 is 1.21 bits per heavy atom. The molecule has 3 aromatic rings. The minimum atomic E-state index is -0.800. The van der Waals surface area contributed by atoms with Crippen LogP contribution in [0.1, 0.15) is 17.3 Å². The van der Waals surface area contributed by atoms with Gasteiger partial charge in [-0.05, 0) is 18.2 Å². The first-order valence-corrected chi connectivity index (χ1v) is 10.8. The fourth-order valence-electron chi connectivity index (χ4n) is 2.45. The molecule has 0 spiro atoms. The SMILES string of the molecule is N#CC(C(=O)CSCCCNc1ncccn1)c1nc(-c2ccccc2)cs1. The van der Waals surface area contributed by atoms with Gasteiger partial charge in [0.1, 0.15) is 5.01 Å². The van der Waals surface area contributed by atoms with Crippen LogP contribution in [0.3, 0.4) is 0 Å². The van der Waals surface area contributed by atoms with E-state index in [1.54, 1.807) is 18.5 Å². The van der Waals surface area contributed by atoms with Crippen molar-refractivity contribution < 1.29 is 4.79 Å². The average Bonchev–Trinajstić information content (AvgIpc) is 3.22. The molecule has 0 saturated heterocycles. The predicted molar refractivity (Wildman–Crippen MR) is 113 cm³/mol. The number of nitriles is 1. The molecular weight excluding hydrogens is 390 g/mol. The second kappa shape index (κ2) is 10.5. The molecule has 2 aromatic heterocycles. The zero-order valence-electron chi connectivity index (χ0n) is 15.1. The summed E-state index contributed by atoms with van der Waals surface area (Å²) in [5.41, 5.74) is 1.79. The number of anilines is 1. The highest BCUT2D eigenvalue weighted by Crippen LogP contribution is 2.27. The highest BCUT2D eigenvalue weighted by molar-refractivity contribution is 7.99. The molecule has 0 bridgehead atoms. The first-order chi connectivity index (χ1) is 13.8. The Hall–Kier alpha value is -2.76. The molecule has 0 saturated carbocycles. The summed E-state index contributed by atoms with van der Waals surface area (Å²) in [5, 5.41) is 15.0. The number of hydrogen-bond donors (Lipinski definition) is 1. The molecule has 0 aliphatic rings. The minimum absolute atomic E-state index is 0.0965. The topological polar surface area (TPSA) is 91.6 Å². The van der Waals surface area contributed by atoms with Crippen LogP contribution < -0.4 is 5.32 Å². The number of benzene rings is 1. The number of nitrogens with one attached hydrogen (secondary N) is 1. The molecule has 0 fully saturated rings. The predicted octanol–water partition coefficient (Wildman–Crippen LogP) is 4.01. The van der Waals surface area contributed by atoms with Crippen molar-refractivity contribution in [2.75, 3.05) is 23.4 Å². The van der Waals surface area contributed by atoms with Gasteiger partial charge in [-0.2, -0.15) is 17.0 Å². The third-order valence-electron chi connectivity index (χ3n) is 3.85. The number of thiazole rings is 1. The number of aromatic nitrogens is 3. The van der Waals surface area contributed by atoms with Gasteiger partial charge in [-0.1, -0.05) is 30.3 Å². The van der Waals surface area contributed by atoms with Crippen LogP contribution in [-0.4, -0.2) is 38.8 Å². The van der Waals surface area contributed by atoms with Crippen molar-refractivity contribution in [2.45, 2.75) is 12.3 Å². The maximum absolute atomic E-state index is 12.5.